The standard InChI is InChI=1S/C29H29NO3S/c1-2-3-4-10-19-30-20-21-33-24-17-15-23(16-18-24)29-27(28(31)22-11-6-5-7-12-22)25-13-8-9-14-26(25)34(29)32/h5-9,11-18,20H,2-4,10,19,21H2,1H3. The Morgan fingerprint density at radius 1 is 0.941 bits per heavy atom. The number of ketones is 1. The molecule has 0 bridgehead atoms. The van der Waals surface area contributed by atoms with Crippen molar-refractivity contribution >= 4 is 32.8 Å². The second-order valence-corrected chi connectivity index (χ2v) is 9.53. The van der Waals surface area contributed by atoms with Crippen molar-refractivity contribution in [1.82, 2.24) is 0 Å². The van der Waals surface area contributed by atoms with Crippen LogP contribution in [0.25, 0.3) is 20.5 Å². The van der Waals surface area contributed by atoms with E-state index in [0.29, 0.717) is 33.1 Å². The largest absolute Gasteiger partial charge is 0.590 e. The summed E-state index contributed by atoms with van der Waals surface area (Å²) in [5.74, 6) is 0.586. The van der Waals surface area contributed by atoms with Gasteiger partial charge in [0.05, 0.1) is 10.9 Å². The number of aliphatic imine (C=N–C) groups is 1. The van der Waals surface area contributed by atoms with Gasteiger partial charge in [-0.3, -0.25) is 9.79 Å². The third-order valence-corrected chi connectivity index (χ3v) is 7.31. The highest BCUT2D eigenvalue weighted by molar-refractivity contribution is 7.35. The molecular weight excluding hydrogens is 442 g/mol. The van der Waals surface area contributed by atoms with Gasteiger partial charge in [0.1, 0.15) is 12.4 Å². The van der Waals surface area contributed by atoms with Gasteiger partial charge in [-0.05, 0) is 53.6 Å². The first kappa shape index (κ1) is 23.9. The second kappa shape index (κ2) is 11.7. The van der Waals surface area contributed by atoms with Gasteiger partial charge in [0, 0.05) is 23.9 Å². The number of thiophene rings is 1. The van der Waals surface area contributed by atoms with Crippen molar-refractivity contribution in [2.75, 3.05) is 13.2 Å². The topological polar surface area (TPSA) is 61.7 Å². The Morgan fingerprint density at radius 3 is 2.44 bits per heavy atom. The van der Waals surface area contributed by atoms with Crippen LogP contribution in [0.3, 0.4) is 0 Å². The smallest absolute Gasteiger partial charge is 0.199 e. The van der Waals surface area contributed by atoms with Gasteiger partial charge in [-0.1, -0.05) is 68.7 Å². The molecule has 34 heavy (non-hydrogen) atoms. The van der Waals surface area contributed by atoms with Crippen molar-refractivity contribution in [3.8, 4) is 16.2 Å². The van der Waals surface area contributed by atoms with Crippen LogP contribution in [0, 0.1) is 0 Å². The van der Waals surface area contributed by atoms with Gasteiger partial charge < -0.3 is 9.29 Å². The molecule has 0 amide bonds. The summed E-state index contributed by atoms with van der Waals surface area (Å²) >= 11 is 0. The molecule has 3 aromatic carbocycles. The molecule has 1 unspecified atom stereocenters. The maximum Gasteiger partial charge on any atom is 0.199 e. The van der Waals surface area contributed by atoms with Crippen molar-refractivity contribution in [1.29, 1.82) is 0 Å². The fourth-order valence-electron chi connectivity index (χ4n) is 3.98. The Morgan fingerprint density at radius 2 is 1.68 bits per heavy atom. The molecule has 1 aromatic heterocycles. The molecule has 0 saturated heterocycles. The highest BCUT2D eigenvalue weighted by Gasteiger charge is 2.29. The van der Waals surface area contributed by atoms with Crippen LogP contribution in [0.2, 0.25) is 0 Å². The Bertz CT molecular complexity index is 1260. The van der Waals surface area contributed by atoms with Crippen LogP contribution in [-0.2, 0) is 0 Å². The second-order valence-electron chi connectivity index (χ2n) is 8.15. The lowest BCUT2D eigenvalue weighted by Crippen LogP contribution is -2.02. The van der Waals surface area contributed by atoms with Gasteiger partial charge >= 0.3 is 0 Å². The third kappa shape index (κ3) is 5.44. The average molecular weight is 472 g/mol. The van der Waals surface area contributed by atoms with Crippen molar-refractivity contribution in [2.45, 2.75) is 32.6 Å². The highest BCUT2D eigenvalue weighted by atomic mass is 32.2. The molecule has 4 nitrogen and oxygen atoms in total. The number of rotatable bonds is 11. The SMILES string of the molecule is CCCCCCN=CCOc1ccc(-c2c(C(=O)c3ccccc3)c3ccccc3[s+]2[O-])cc1. The number of carbonyl (C=O) groups excluding carboxylic acids is 1. The normalized spacial score (nSPS) is 11.9. The lowest BCUT2D eigenvalue weighted by molar-refractivity contribution is 0.104. The summed E-state index contributed by atoms with van der Waals surface area (Å²) < 4.78 is 19.9. The van der Waals surface area contributed by atoms with Crippen LogP contribution in [0.1, 0.15) is 48.5 Å². The molecular formula is C29H29NO3S. The van der Waals surface area contributed by atoms with E-state index in [-0.39, 0.29) is 5.78 Å². The summed E-state index contributed by atoms with van der Waals surface area (Å²) in [6, 6.07) is 24.0. The van der Waals surface area contributed by atoms with E-state index in [0.717, 1.165) is 23.9 Å². The lowest BCUT2D eigenvalue weighted by atomic mass is 9.98. The molecule has 0 spiro atoms. The molecule has 0 aliphatic heterocycles. The number of carbonyl (C=O) groups is 1. The van der Waals surface area contributed by atoms with Gasteiger partial charge in [-0.15, -0.1) is 0 Å². The van der Waals surface area contributed by atoms with Crippen molar-refractivity contribution in [2.24, 2.45) is 4.99 Å². The molecule has 0 radical (unpaired) electrons. The summed E-state index contributed by atoms with van der Waals surface area (Å²) in [5.41, 5.74) is 1.84. The zero-order valence-electron chi connectivity index (χ0n) is 19.4. The Labute approximate surface area is 203 Å². The molecule has 0 fully saturated rings. The first-order valence-electron chi connectivity index (χ1n) is 11.8. The molecule has 0 aliphatic carbocycles. The minimum absolute atomic E-state index is 0.121. The number of unbranched alkanes of at least 4 members (excludes halogenated alkanes) is 3. The van der Waals surface area contributed by atoms with Crippen molar-refractivity contribution in [3.63, 3.8) is 0 Å². The molecule has 5 heteroatoms. The van der Waals surface area contributed by atoms with E-state index in [1.54, 1.807) is 12.1 Å². The van der Waals surface area contributed by atoms with Gasteiger partial charge in [-0.2, -0.15) is 0 Å². The molecule has 4 rings (SSSR count). The maximum absolute atomic E-state index is 13.5. The zero-order valence-corrected chi connectivity index (χ0v) is 20.2. The fourth-order valence-corrected chi connectivity index (χ4v) is 5.51. The Hall–Kier alpha value is -3.28. The zero-order chi connectivity index (χ0) is 23.8. The van der Waals surface area contributed by atoms with E-state index in [1.807, 2.05) is 72.9 Å². The molecule has 0 aliphatic rings. The van der Waals surface area contributed by atoms with E-state index in [2.05, 4.69) is 11.9 Å². The van der Waals surface area contributed by atoms with Crippen LogP contribution in [0.5, 0.6) is 5.75 Å². The van der Waals surface area contributed by atoms with Crippen molar-refractivity contribution < 1.29 is 14.1 Å². The lowest BCUT2D eigenvalue weighted by Gasteiger charge is -2.06. The number of ether oxygens (including phenoxy) is 1. The first-order chi connectivity index (χ1) is 16.7. The molecule has 0 saturated carbocycles. The maximum atomic E-state index is 13.5. The van der Waals surface area contributed by atoms with Crippen LogP contribution in [-0.4, -0.2) is 29.7 Å². The number of nitrogens with zero attached hydrogens (tertiary/aromatic N) is 1. The summed E-state index contributed by atoms with van der Waals surface area (Å²) in [6.07, 6.45) is 6.61. The molecule has 174 valence electrons. The minimum atomic E-state index is -1.43. The van der Waals surface area contributed by atoms with Crippen LogP contribution < -0.4 is 4.74 Å². The summed E-state index contributed by atoms with van der Waals surface area (Å²) in [5, 5.41) is 0.736. The molecule has 1 atom stereocenters. The average Bonchev–Trinajstić information content (AvgIpc) is 3.18. The number of hydrogen-bond donors (Lipinski definition) is 0. The predicted octanol–water partition coefficient (Wildman–Crippen LogP) is 7.50. The molecule has 1 heterocycles. The minimum Gasteiger partial charge on any atom is -0.590 e. The van der Waals surface area contributed by atoms with Crippen LogP contribution in [0.4, 0.5) is 0 Å². The van der Waals surface area contributed by atoms with E-state index < -0.39 is 10.8 Å². The third-order valence-electron chi connectivity index (χ3n) is 5.74. The summed E-state index contributed by atoms with van der Waals surface area (Å²) in [6.45, 7) is 3.44. The number of hydrogen-bond acceptors (Lipinski definition) is 4. The number of fused-ring (bicyclic) bond motifs is 1. The van der Waals surface area contributed by atoms with E-state index in [4.69, 9.17) is 4.74 Å². The first-order valence-corrected chi connectivity index (χ1v) is 12.9. The summed E-state index contributed by atoms with van der Waals surface area (Å²) in [4.78, 5) is 18.4. The van der Waals surface area contributed by atoms with Crippen LogP contribution >= 0.6 is 10.8 Å². The monoisotopic (exact) mass is 471 g/mol. The molecule has 0 N–H and O–H groups in total. The predicted molar refractivity (Wildman–Crippen MR) is 141 cm³/mol. The number of benzene rings is 3. The Balaban J connectivity index is 1.55. The van der Waals surface area contributed by atoms with Crippen LogP contribution in [0.15, 0.2) is 83.9 Å². The van der Waals surface area contributed by atoms with Gasteiger partial charge in [0.15, 0.2) is 15.4 Å². The highest BCUT2D eigenvalue weighted by Crippen LogP contribution is 2.45. The van der Waals surface area contributed by atoms with E-state index in [1.165, 1.54) is 19.3 Å². The fraction of sp³-hybridized carbons (Fsp3) is 0.241. The quantitative estimate of drug-likeness (QED) is 0.0985. The van der Waals surface area contributed by atoms with Gasteiger partial charge in [0.25, 0.3) is 0 Å². The van der Waals surface area contributed by atoms with Crippen molar-refractivity contribution in [3.05, 3.63) is 90.0 Å². The van der Waals surface area contributed by atoms with Gasteiger partial charge in [-0.25, -0.2) is 0 Å². The Kier molecular flexibility index (Phi) is 8.23. The summed E-state index contributed by atoms with van der Waals surface area (Å²) in [7, 11) is -1.43. The molecule has 4 aromatic rings. The van der Waals surface area contributed by atoms with E-state index >= 15 is 0 Å². The van der Waals surface area contributed by atoms with E-state index in [9.17, 15) is 9.35 Å². The van der Waals surface area contributed by atoms with Gasteiger partial charge in [0.2, 0.25) is 0 Å².